The highest BCUT2D eigenvalue weighted by Gasteiger charge is 2.02. The van der Waals surface area contributed by atoms with Gasteiger partial charge in [-0.3, -0.25) is 4.79 Å². The Hall–Kier alpha value is -1.32. The van der Waals surface area contributed by atoms with Gasteiger partial charge in [-0.25, -0.2) is 4.98 Å². The molecule has 60 valence electrons. The van der Waals surface area contributed by atoms with Crippen LogP contribution in [0.3, 0.4) is 0 Å². The number of oxazole rings is 1. The summed E-state index contributed by atoms with van der Waals surface area (Å²) >= 11 is 0. The van der Waals surface area contributed by atoms with Crippen LogP contribution in [-0.4, -0.2) is 10.9 Å². The molecule has 0 aliphatic heterocycles. The summed E-state index contributed by atoms with van der Waals surface area (Å²) in [6.45, 7) is 3.72. The molecule has 0 radical (unpaired) electrons. The van der Waals surface area contributed by atoms with Crippen LogP contribution in [0.2, 0.25) is 0 Å². The number of carbonyl (C=O) groups is 1. The lowest BCUT2D eigenvalue weighted by Gasteiger charge is -1.97. The number of aryl methyl sites for hydroxylation is 1. The van der Waals surface area contributed by atoms with Crippen LogP contribution in [0.4, 0.5) is 0 Å². The zero-order chi connectivity index (χ0) is 8.27. The Kier molecular flexibility index (Phi) is 2.25. The molecule has 0 aliphatic rings. The van der Waals surface area contributed by atoms with Gasteiger partial charge in [0.1, 0.15) is 11.5 Å². The first kappa shape index (κ1) is 7.78. The van der Waals surface area contributed by atoms with E-state index in [4.69, 9.17) is 4.42 Å². The summed E-state index contributed by atoms with van der Waals surface area (Å²) in [5.41, 5.74) is 0.778. The molecule has 0 aromatic carbocycles. The standard InChI is InChI=1S/C7H10N2O2/c1-5-7(9-4-11-5)3-8-6(2)10/h4H,3H2,1-2H3,(H,8,10). The van der Waals surface area contributed by atoms with E-state index in [0.29, 0.717) is 6.54 Å². The predicted molar refractivity (Wildman–Crippen MR) is 38.8 cm³/mol. The van der Waals surface area contributed by atoms with Gasteiger partial charge in [0.15, 0.2) is 6.39 Å². The lowest BCUT2D eigenvalue weighted by atomic mass is 10.3. The summed E-state index contributed by atoms with van der Waals surface area (Å²) in [6, 6.07) is 0. The van der Waals surface area contributed by atoms with Crippen molar-refractivity contribution in [2.24, 2.45) is 0 Å². The molecule has 4 nitrogen and oxygen atoms in total. The molecule has 1 N–H and O–H groups in total. The quantitative estimate of drug-likeness (QED) is 0.679. The SMILES string of the molecule is CC(=O)NCc1ncoc1C. The van der Waals surface area contributed by atoms with Crippen molar-refractivity contribution >= 4 is 5.91 Å². The molecule has 0 saturated heterocycles. The topological polar surface area (TPSA) is 55.1 Å². The van der Waals surface area contributed by atoms with Gasteiger partial charge in [-0.2, -0.15) is 0 Å². The first-order valence-electron chi connectivity index (χ1n) is 3.33. The fourth-order valence-corrected chi connectivity index (χ4v) is 0.706. The molecule has 0 bridgehead atoms. The minimum atomic E-state index is -0.0626. The summed E-state index contributed by atoms with van der Waals surface area (Å²) in [6.07, 6.45) is 1.37. The lowest BCUT2D eigenvalue weighted by Crippen LogP contribution is -2.19. The second-order valence-corrected chi connectivity index (χ2v) is 2.26. The van der Waals surface area contributed by atoms with Crippen molar-refractivity contribution in [1.29, 1.82) is 0 Å². The van der Waals surface area contributed by atoms with Crippen LogP contribution in [-0.2, 0) is 11.3 Å². The number of nitrogens with zero attached hydrogens (tertiary/aromatic N) is 1. The van der Waals surface area contributed by atoms with Crippen LogP contribution in [0, 0.1) is 6.92 Å². The number of amides is 1. The van der Waals surface area contributed by atoms with Gasteiger partial charge in [0, 0.05) is 6.92 Å². The third-order valence-corrected chi connectivity index (χ3v) is 1.35. The van der Waals surface area contributed by atoms with E-state index >= 15 is 0 Å². The molecule has 1 amide bonds. The normalized spacial score (nSPS) is 9.64. The highest BCUT2D eigenvalue weighted by molar-refractivity contribution is 5.72. The van der Waals surface area contributed by atoms with E-state index in [-0.39, 0.29) is 5.91 Å². The molecule has 1 heterocycles. The third-order valence-electron chi connectivity index (χ3n) is 1.35. The molecule has 1 rings (SSSR count). The summed E-state index contributed by atoms with van der Waals surface area (Å²) in [4.78, 5) is 14.4. The Morgan fingerprint density at radius 3 is 3.00 bits per heavy atom. The molecule has 4 heteroatoms. The van der Waals surface area contributed by atoms with Gasteiger partial charge in [0.05, 0.1) is 6.54 Å². The number of carbonyl (C=O) groups excluding carboxylic acids is 1. The first-order chi connectivity index (χ1) is 5.20. The van der Waals surface area contributed by atoms with Crippen molar-refractivity contribution in [3.05, 3.63) is 17.8 Å². The molecule has 1 aromatic rings. The van der Waals surface area contributed by atoms with Gasteiger partial charge in [0.25, 0.3) is 0 Å². The largest absolute Gasteiger partial charge is 0.448 e. The number of aromatic nitrogens is 1. The molecule has 0 aliphatic carbocycles. The van der Waals surface area contributed by atoms with Crippen molar-refractivity contribution in [3.8, 4) is 0 Å². The Balaban J connectivity index is 2.51. The van der Waals surface area contributed by atoms with Crippen molar-refractivity contribution in [2.45, 2.75) is 20.4 Å². The lowest BCUT2D eigenvalue weighted by molar-refractivity contribution is -0.119. The summed E-state index contributed by atoms with van der Waals surface area (Å²) in [5, 5.41) is 2.63. The van der Waals surface area contributed by atoms with Gasteiger partial charge in [-0.1, -0.05) is 0 Å². The highest BCUT2D eigenvalue weighted by atomic mass is 16.3. The maximum Gasteiger partial charge on any atom is 0.217 e. The minimum Gasteiger partial charge on any atom is -0.448 e. The molecule has 1 aromatic heterocycles. The second-order valence-electron chi connectivity index (χ2n) is 2.26. The molecule has 0 saturated carbocycles. The molecule has 0 atom stereocenters. The monoisotopic (exact) mass is 154 g/mol. The third kappa shape index (κ3) is 2.07. The van der Waals surface area contributed by atoms with Crippen LogP contribution in [0.25, 0.3) is 0 Å². The molecular weight excluding hydrogens is 144 g/mol. The van der Waals surface area contributed by atoms with E-state index in [0.717, 1.165) is 11.5 Å². The van der Waals surface area contributed by atoms with E-state index < -0.39 is 0 Å². The van der Waals surface area contributed by atoms with E-state index in [1.165, 1.54) is 13.3 Å². The second kappa shape index (κ2) is 3.18. The van der Waals surface area contributed by atoms with Crippen molar-refractivity contribution in [2.75, 3.05) is 0 Å². The fraction of sp³-hybridized carbons (Fsp3) is 0.429. The average Bonchev–Trinajstić information content (AvgIpc) is 2.31. The van der Waals surface area contributed by atoms with Crippen molar-refractivity contribution < 1.29 is 9.21 Å². The zero-order valence-corrected chi connectivity index (χ0v) is 6.55. The summed E-state index contributed by atoms with van der Waals surface area (Å²) in [7, 11) is 0. The van der Waals surface area contributed by atoms with Gasteiger partial charge in [0.2, 0.25) is 5.91 Å². The van der Waals surface area contributed by atoms with E-state index in [9.17, 15) is 4.79 Å². The Morgan fingerprint density at radius 1 is 1.82 bits per heavy atom. The maximum absolute atomic E-state index is 10.5. The number of nitrogens with one attached hydrogen (secondary N) is 1. The Bertz CT molecular complexity index is 255. The van der Waals surface area contributed by atoms with E-state index in [1.54, 1.807) is 0 Å². The summed E-state index contributed by atoms with van der Waals surface area (Å²) in [5.74, 6) is 0.686. The minimum absolute atomic E-state index is 0.0626. The molecule has 0 unspecified atom stereocenters. The van der Waals surface area contributed by atoms with Crippen molar-refractivity contribution in [1.82, 2.24) is 10.3 Å². The average molecular weight is 154 g/mol. The molecule has 0 spiro atoms. The van der Waals surface area contributed by atoms with Crippen LogP contribution < -0.4 is 5.32 Å². The maximum atomic E-state index is 10.5. The summed E-state index contributed by atoms with van der Waals surface area (Å²) < 4.78 is 4.93. The van der Waals surface area contributed by atoms with Gasteiger partial charge in [-0.05, 0) is 6.92 Å². The van der Waals surface area contributed by atoms with Crippen LogP contribution >= 0.6 is 0 Å². The number of rotatable bonds is 2. The fourth-order valence-electron chi connectivity index (χ4n) is 0.706. The van der Waals surface area contributed by atoms with Crippen LogP contribution in [0.15, 0.2) is 10.8 Å². The number of hydrogen-bond donors (Lipinski definition) is 1. The smallest absolute Gasteiger partial charge is 0.217 e. The Labute approximate surface area is 64.6 Å². The zero-order valence-electron chi connectivity index (χ0n) is 6.55. The van der Waals surface area contributed by atoms with Gasteiger partial charge < -0.3 is 9.73 Å². The first-order valence-corrected chi connectivity index (χ1v) is 3.33. The van der Waals surface area contributed by atoms with E-state index in [1.807, 2.05) is 6.92 Å². The van der Waals surface area contributed by atoms with Crippen LogP contribution in [0.1, 0.15) is 18.4 Å². The van der Waals surface area contributed by atoms with Crippen LogP contribution in [0.5, 0.6) is 0 Å². The van der Waals surface area contributed by atoms with Gasteiger partial charge >= 0.3 is 0 Å². The van der Waals surface area contributed by atoms with Gasteiger partial charge in [-0.15, -0.1) is 0 Å². The molecule has 0 fully saturated rings. The Morgan fingerprint density at radius 2 is 2.55 bits per heavy atom. The van der Waals surface area contributed by atoms with Crippen molar-refractivity contribution in [3.63, 3.8) is 0 Å². The predicted octanol–water partition coefficient (Wildman–Crippen LogP) is 0.619. The highest BCUT2D eigenvalue weighted by Crippen LogP contribution is 2.02. The molecule has 11 heavy (non-hydrogen) atoms. The van der Waals surface area contributed by atoms with E-state index in [2.05, 4.69) is 10.3 Å². The number of hydrogen-bond acceptors (Lipinski definition) is 3. The molecular formula is C7H10N2O2.